The third kappa shape index (κ3) is 6.89. The molecule has 2 N–H and O–H groups in total. The Balaban J connectivity index is 2.19. The number of benzene rings is 1. The molecule has 0 aliphatic heterocycles. The van der Waals surface area contributed by atoms with E-state index < -0.39 is 0 Å². The maximum atomic E-state index is 11.6. The van der Waals surface area contributed by atoms with Crippen LogP contribution in [0.15, 0.2) is 24.3 Å². The molecular formula is C15H22N2O3. The van der Waals surface area contributed by atoms with Gasteiger partial charge in [-0.05, 0) is 18.9 Å². The fraction of sp³-hybridized carbons (Fsp3) is 0.467. The van der Waals surface area contributed by atoms with Gasteiger partial charge in [0.05, 0.1) is 13.2 Å². The van der Waals surface area contributed by atoms with Crippen molar-refractivity contribution in [3.8, 4) is 0 Å². The highest BCUT2D eigenvalue weighted by atomic mass is 16.5. The van der Waals surface area contributed by atoms with Crippen LogP contribution in [0, 0.1) is 6.92 Å². The lowest BCUT2D eigenvalue weighted by atomic mass is 10.1. The molecule has 1 aromatic carbocycles. The summed E-state index contributed by atoms with van der Waals surface area (Å²) >= 11 is 0. The van der Waals surface area contributed by atoms with Crippen molar-refractivity contribution in [2.24, 2.45) is 0 Å². The zero-order valence-electron chi connectivity index (χ0n) is 12.1. The summed E-state index contributed by atoms with van der Waals surface area (Å²) in [5.74, 6) is -0.320. The van der Waals surface area contributed by atoms with E-state index in [1.165, 1.54) is 5.56 Å². The molecule has 0 bridgehead atoms. The highest BCUT2D eigenvalue weighted by Crippen LogP contribution is 2.06. The van der Waals surface area contributed by atoms with Crippen molar-refractivity contribution in [3.05, 3.63) is 35.4 Å². The van der Waals surface area contributed by atoms with Gasteiger partial charge in [-0.2, -0.15) is 0 Å². The van der Waals surface area contributed by atoms with E-state index in [1.54, 1.807) is 7.11 Å². The Morgan fingerprint density at radius 2 is 2.00 bits per heavy atom. The minimum Gasteiger partial charge on any atom is -0.383 e. The monoisotopic (exact) mass is 278 g/mol. The lowest BCUT2D eigenvalue weighted by Crippen LogP contribution is -2.38. The Labute approximate surface area is 119 Å². The minimum atomic E-state index is -0.203. The summed E-state index contributed by atoms with van der Waals surface area (Å²) in [6.45, 7) is 2.95. The normalized spacial score (nSPS) is 10.1. The number of methoxy groups -OCH3 is 1. The molecule has 110 valence electrons. The van der Waals surface area contributed by atoms with Crippen LogP contribution in [0.4, 0.5) is 0 Å². The molecule has 0 atom stereocenters. The van der Waals surface area contributed by atoms with Crippen LogP contribution in [-0.2, 0) is 20.7 Å². The van der Waals surface area contributed by atoms with Crippen molar-refractivity contribution in [3.63, 3.8) is 0 Å². The molecule has 0 unspecified atom stereocenters. The number of amides is 2. The summed E-state index contributed by atoms with van der Waals surface area (Å²) in [5.41, 5.74) is 2.31. The Kier molecular flexibility index (Phi) is 7.35. The van der Waals surface area contributed by atoms with Crippen molar-refractivity contribution in [2.75, 3.05) is 26.8 Å². The maximum absolute atomic E-state index is 11.6. The molecule has 0 aromatic heterocycles. The summed E-state index contributed by atoms with van der Waals surface area (Å²) in [7, 11) is 1.57. The van der Waals surface area contributed by atoms with E-state index >= 15 is 0 Å². The van der Waals surface area contributed by atoms with Crippen molar-refractivity contribution in [1.29, 1.82) is 0 Å². The standard InChI is InChI=1S/C15H22N2O3/c1-12-4-3-5-13(10-12)6-7-14(18)17-11-15(19)16-8-9-20-2/h3-5,10H,6-9,11H2,1-2H3,(H,16,19)(H,17,18). The number of ether oxygens (including phenoxy) is 1. The zero-order chi connectivity index (χ0) is 14.8. The smallest absolute Gasteiger partial charge is 0.239 e. The highest BCUT2D eigenvalue weighted by molar-refractivity contribution is 5.84. The third-order valence-electron chi connectivity index (χ3n) is 2.80. The fourth-order valence-electron chi connectivity index (χ4n) is 1.75. The van der Waals surface area contributed by atoms with E-state index in [-0.39, 0.29) is 18.4 Å². The molecular weight excluding hydrogens is 256 g/mol. The number of rotatable bonds is 8. The SMILES string of the molecule is COCCNC(=O)CNC(=O)CCc1cccc(C)c1. The van der Waals surface area contributed by atoms with Crippen LogP contribution in [0.2, 0.25) is 0 Å². The van der Waals surface area contributed by atoms with Gasteiger partial charge < -0.3 is 15.4 Å². The molecule has 0 saturated carbocycles. The van der Waals surface area contributed by atoms with E-state index in [4.69, 9.17) is 4.74 Å². The third-order valence-corrected chi connectivity index (χ3v) is 2.80. The van der Waals surface area contributed by atoms with Crippen molar-refractivity contribution in [2.45, 2.75) is 19.8 Å². The first-order valence-corrected chi connectivity index (χ1v) is 6.69. The van der Waals surface area contributed by atoms with Crippen LogP contribution >= 0.6 is 0 Å². The number of carbonyl (C=O) groups excluding carboxylic acids is 2. The summed E-state index contributed by atoms with van der Waals surface area (Å²) in [5, 5.41) is 5.24. The largest absolute Gasteiger partial charge is 0.383 e. The summed E-state index contributed by atoms with van der Waals surface area (Å²) in [4.78, 5) is 23.0. The molecule has 20 heavy (non-hydrogen) atoms. The molecule has 0 radical (unpaired) electrons. The predicted molar refractivity (Wildman–Crippen MR) is 77.4 cm³/mol. The van der Waals surface area contributed by atoms with Gasteiger partial charge in [-0.15, -0.1) is 0 Å². The predicted octanol–water partition coefficient (Wildman–Crippen LogP) is 0.806. The van der Waals surface area contributed by atoms with Gasteiger partial charge in [0.15, 0.2) is 0 Å². The van der Waals surface area contributed by atoms with Gasteiger partial charge in [0.2, 0.25) is 11.8 Å². The van der Waals surface area contributed by atoms with Gasteiger partial charge in [0.1, 0.15) is 0 Å². The van der Waals surface area contributed by atoms with Crippen molar-refractivity contribution < 1.29 is 14.3 Å². The summed E-state index contributed by atoms with van der Waals surface area (Å²) < 4.78 is 4.81. The Hall–Kier alpha value is -1.88. The molecule has 1 rings (SSSR count). The number of hydrogen-bond acceptors (Lipinski definition) is 3. The summed E-state index contributed by atoms with van der Waals surface area (Å²) in [6, 6.07) is 8.06. The van der Waals surface area contributed by atoms with E-state index in [2.05, 4.69) is 16.7 Å². The number of aryl methyl sites for hydroxylation is 2. The molecule has 0 aliphatic carbocycles. The van der Waals surface area contributed by atoms with Gasteiger partial charge in [-0.3, -0.25) is 9.59 Å². The fourth-order valence-corrected chi connectivity index (χ4v) is 1.75. The van der Waals surface area contributed by atoms with E-state index in [0.717, 1.165) is 5.56 Å². The van der Waals surface area contributed by atoms with Gasteiger partial charge in [-0.1, -0.05) is 29.8 Å². The van der Waals surface area contributed by atoms with Crippen LogP contribution in [0.5, 0.6) is 0 Å². The van der Waals surface area contributed by atoms with E-state index in [9.17, 15) is 9.59 Å². The molecule has 5 heteroatoms. The van der Waals surface area contributed by atoms with Gasteiger partial charge >= 0.3 is 0 Å². The maximum Gasteiger partial charge on any atom is 0.239 e. The second-order valence-corrected chi connectivity index (χ2v) is 4.61. The average Bonchev–Trinajstić information content (AvgIpc) is 2.43. The first-order chi connectivity index (χ1) is 9.61. The lowest BCUT2D eigenvalue weighted by molar-refractivity contribution is -0.126. The molecule has 0 fully saturated rings. The quantitative estimate of drug-likeness (QED) is 0.691. The molecule has 1 aromatic rings. The first-order valence-electron chi connectivity index (χ1n) is 6.69. The van der Waals surface area contributed by atoms with Crippen LogP contribution in [0.25, 0.3) is 0 Å². The van der Waals surface area contributed by atoms with Crippen LogP contribution < -0.4 is 10.6 Å². The highest BCUT2D eigenvalue weighted by Gasteiger charge is 2.05. The van der Waals surface area contributed by atoms with Gasteiger partial charge in [-0.25, -0.2) is 0 Å². The number of carbonyl (C=O) groups is 2. The Morgan fingerprint density at radius 3 is 2.70 bits per heavy atom. The van der Waals surface area contributed by atoms with Crippen LogP contribution in [0.3, 0.4) is 0 Å². The van der Waals surface area contributed by atoms with E-state index in [0.29, 0.717) is 26.0 Å². The molecule has 5 nitrogen and oxygen atoms in total. The molecule has 0 aliphatic rings. The Morgan fingerprint density at radius 1 is 1.20 bits per heavy atom. The van der Waals surface area contributed by atoms with Crippen LogP contribution in [-0.4, -0.2) is 38.6 Å². The Bertz CT molecular complexity index is 446. The second-order valence-electron chi connectivity index (χ2n) is 4.61. The molecule has 0 saturated heterocycles. The average molecular weight is 278 g/mol. The number of nitrogens with one attached hydrogen (secondary N) is 2. The molecule has 2 amide bonds. The second kappa shape index (κ2) is 9.09. The molecule has 0 heterocycles. The first kappa shape index (κ1) is 16.2. The summed E-state index contributed by atoms with van der Waals surface area (Å²) in [6.07, 6.45) is 1.06. The minimum absolute atomic E-state index is 0.0103. The van der Waals surface area contributed by atoms with Crippen LogP contribution in [0.1, 0.15) is 17.5 Å². The van der Waals surface area contributed by atoms with Crippen molar-refractivity contribution in [1.82, 2.24) is 10.6 Å². The molecule has 0 spiro atoms. The zero-order valence-corrected chi connectivity index (χ0v) is 12.1. The van der Waals surface area contributed by atoms with E-state index in [1.807, 2.05) is 25.1 Å². The van der Waals surface area contributed by atoms with Gasteiger partial charge in [0.25, 0.3) is 0 Å². The topological polar surface area (TPSA) is 67.4 Å². The number of hydrogen-bond donors (Lipinski definition) is 2. The lowest BCUT2D eigenvalue weighted by Gasteiger charge is -2.07. The van der Waals surface area contributed by atoms with Gasteiger partial charge in [0, 0.05) is 20.1 Å². The van der Waals surface area contributed by atoms with Crippen molar-refractivity contribution >= 4 is 11.8 Å².